The Hall–Kier alpha value is -1.94. The second-order valence-corrected chi connectivity index (χ2v) is 28.2. The molecule has 0 fully saturated rings. The number of aliphatic hydroxyl groups is 1. The number of hydrogen-bond donors (Lipinski definition) is 3. The molecule has 0 aliphatic carbocycles. The lowest BCUT2D eigenvalue weighted by Crippen LogP contribution is -2.30. The molecule has 516 valence electrons. The Morgan fingerprint density at radius 1 is 0.333 bits per heavy atom. The van der Waals surface area contributed by atoms with Gasteiger partial charge in [0, 0.05) is 25.7 Å². The van der Waals surface area contributed by atoms with Crippen molar-refractivity contribution in [2.24, 2.45) is 11.8 Å². The van der Waals surface area contributed by atoms with Gasteiger partial charge < -0.3 is 33.8 Å². The van der Waals surface area contributed by atoms with Crippen LogP contribution in [0.25, 0.3) is 0 Å². The third-order valence-electron chi connectivity index (χ3n) is 16.1. The minimum Gasteiger partial charge on any atom is -0.462 e. The van der Waals surface area contributed by atoms with E-state index in [0.29, 0.717) is 25.7 Å². The maximum Gasteiger partial charge on any atom is 0.472 e. The van der Waals surface area contributed by atoms with Crippen LogP contribution in [0.4, 0.5) is 0 Å². The summed E-state index contributed by atoms with van der Waals surface area (Å²) in [6.07, 6.45) is 44.9. The first kappa shape index (κ1) is 85.1. The molecule has 0 aromatic heterocycles. The highest BCUT2D eigenvalue weighted by Gasteiger charge is 2.30. The van der Waals surface area contributed by atoms with E-state index in [1.54, 1.807) is 0 Å². The zero-order valence-corrected chi connectivity index (χ0v) is 58.1. The van der Waals surface area contributed by atoms with Crippen LogP contribution in [0.15, 0.2) is 0 Å². The zero-order chi connectivity index (χ0) is 64.3. The molecule has 0 aliphatic rings. The molecular formula is C68H132O17P2. The van der Waals surface area contributed by atoms with Crippen LogP contribution in [0.5, 0.6) is 0 Å². The van der Waals surface area contributed by atoms with Gasteiger partial charge in [-0.2, -0.15) is 0 Å². The van der Waals surface area contributed by atoms with Crippen molar-refractivity contribution in [1.29, 1.82) is 0 Å². The van der Waals surface area contributed by atoms with E-state index in [1.165, 1.54) is 154 Å². The Labute approximate surface area is 530 Å². The molecule has 0 saturated heterocycles. The van der Waals surface area contributed by atoms with Crippen LogP contribution < -0.4 is 0 Å². The molecule has 0 rings (SSSR count). The molecule has 0 aromatic rings. The van der Waals surface area contributed by atoms with Gasteiger partial charge >= 0.3 is 39.5 Å². The molecule has 0 saturated carbocycles. The largest absolute Gasteiger partial charge is 0.472 e. The van der Waals surface area contributed by atoms with Gasteiger partial charge in [0.1, 0.15) is 19.3 Å². The SMILES string of the molecule is CCCCCCCCCCCCCCCCCC(=O)OC[C@H](COP(=O)(O)OC[C@@H](O)COP(=O)(O)OC[C@@H](COC(=O)CCCCCCC)OC(=O)CCCCCCCCC(C)CC)OC(=O)CCCCCCCCCCCCCCCCC(C)C. The smallest absolute Gasteiger partial charge is 0.462 e. The molecule has 0 heterocycles. The average molecular weight is 1280 g/mol. The van der Waals surface area contributed by atoms with Gasteiger partial charge in [-0.25, -0.2) is 9.13 Å². The summed E-state index contributed by atoms with van der Waals surface area (Å²) in [5, 5.41) is 10.5. The molecule has 0 aromatic carbocycles. The average Bonchev–Trinajstić information content (AvgIpc) is 3.66. The normalized spacial score (nSPS) is 14.5. The Kier molecular flexibility index (Phi) is 59.0. The number of rotatable bonds is 67. The number of phosphoric ester groups is 2. The molecule has 3 unspecified atom stereocenters. The third kappa shape index (κ3) is 61.3. The summed E-state index contributed by atoms with van der Waals surface area (Å²) in [6.45, 7) is 9.42. The Bertz CT molecular complexity index is 1700. The van der Waals surface area contributed by atoms with Gasteiger partial charge in [-0.15, -0.1) is 0 Å². The van der Waals surface area contributed by atoms with Gasteiger partial charge in [0.2, 0.25) is 0 Å². The summed E-state index contributed by atoms with van der Waals surface area (Å²) in [7, 11) is -9.89. The molecule has 87 heavy (non-hydrogen) atoms. The van der Waals surface area contributed by atoms with Crippen LogP contribution in [0.3, 0.4) is 0 Å². The van der Waals surface area contributed by atoms with Crippen molar-refractivity contribution in [3.8, 4) is 0 Å². The first-order valence-electron chi connectivity index (χ1n) is 35.5. The summed E-state index contributed by atoms with van der Waals surface area (Å²) < 4.78 is 68.0. The molecule has 0 spiro atoms. The number of esters is 4. The quantitative estimate of drug-likeness (QED) is 0.0222. The molecule has 0 aliphatic heterocycles. The highest BCUT2D eigenvalue weighted by atomic mass is 31.2. The lowest BCUT2D eigenvalue weighted by Gasteiger charge is -2.21. The topological polar surface area (TPSA) is 237 Å². The van der Waals surface area contributed by atoms with Crippen LogP contribution >= 0.6 is 15.6 Å². The highest BCUT2D eigenvalue weighted by molar-refractivity contribution is 7.47. The number of aliphatic hydroxyl groups excluding tert-OH is 1. The number of ether oxygens (including phenoxy) is 4. The first-order chi connectivity index (χ1) is 41.9. The fraction of sp³-hybridized carbons (Fsp3) is 0.941. The minimum atomic E-state index is -4.95. The summed E-state index contributed by atoms with van der Waals surface area (Å²) in [5.41, 5.74) is 0. The third-order valence-corrected chi connectivity index (χ3v) is 18.0. The van der Waals surface area contributed by atoms with Gasteiger partial charge in [0.05, 0.1) is 26.4 Å². The second-order valence-electron chi connectivity index (χ2n) is 25.3. The summed E-state index contributed by atoms with van der Waals surface area (Å²) in [4.78, 5) is 72.2. The van der Waals surface area contributed by atoms with Gasteiger partial charge in [-0.05, 0) is 37.5 Å². The van der Waals surface area contributed by atoms with Crippen LogP contribution in [-0.2, 0) is 65.4 Å². The van der Waals surface area contributed by atoms with Crippen molar-refractivity contribution in [3.63, 3.8) is 0 Å². The predicted octanol–water partition coefficient (Wildman–Crippen LogP) is 19.2. The zero-order valence-electron chi connectivity index (χ0n) is 56.3. The van der Waals surface area contributed by atoms with Gasteiger partial charge in [0.25, 0.3) is 0 Å². The van der Waals surface area contributed by atoms with E-state index in [1.807, 2.05) is 0 Å². The monoisotopic (exact) mass is 1280 g/mol. The van der Waals surface area contributed by atoms with E-state index in [2.05, 4.69) is 41.5 Å². The van der Waals surface area contributed by atoms with Gasteiger partial charge in [-0.3, -0.25) is 37.3 Å². The van der Waals surface area contributed by atoms with E-state index < -0.39 is 97.5 Å². The standard InChI is InChI=1S/C68H132O17P2/c1-7-10-12-14-15-16-17-18-19-23-26-29-32-39-45-51-66(71)79-57-64(84-67(72)52-46-40-33-30-27-24-21-20-22-25-28-31-37-42-48-60(4)5)59-83-87(76,77)81-55-62(69)54-80-86(74,75)82-58-63(56-78-65(70)50-44-36-13-11-8-2)85-68(73)53-47-41-35-34-38-43-49-61(6)9-3/h60-64,69H,7-59H2,1-6H3,(H,74,75)(H,76,77)/t61?,62-,63+,64+/m0/s1. The maximum absolute atomic E-state index is 13.0. The lowest BCUT2D eigenvalue weighted by molar-refractivity contribution is -0.161. The maximum atomic E-state index is 13.0. The van der Waals surface area contributed by atoms with Gasteiger partial charge in [-0.1, -0.05) is 292 Å². The van der Waals surface area contributed by atoms with E-state index >= 15 is 0 Å². The van der Waals surface area contributed by atoms with E-state index in [9.17, 15) is 43.2 Å². The van der Waals surface area contributed by atoms with E-state index in [-0.39, 0.29) is 25.7 Å². The first-order valence-corrected chi connectivity index (χ1v) is 38.5. The summed E-state index contributed by atoms with van der Waals surface area (Å²) >= 11 is 0. The number of hydrogen-bond acceptors (Lipinski definition) is 15. The molecular weight excluding hydrogens is 1150 g/mol. The van der Waals surface area contributed by atoms with Crippen LogP contribution in [0.2, 0.25) is 0 Å². The predicted molar refractivity (Wildman–Crippen MR) is 349 cm³/mol. The summed E-state index contributed by atoms with van der Waals surface area (Å²) in [5.74, 6) is -0.624. The number of unbranched alkanes of at least 4 members (excludes halogenated alkanes) is 36. The van der Waals surface area contributed by atoms with E-state index in [4.69, 9.17) is 37.0 Å². The lowest BCUT2D eigenvalue weighted by atomic mass is 10.00. The molecule has 0 amide bonds. The van der Waals surface area contributed by atoms with Crippen molar-refractivity contribution in [2.45, 2.75) is 362 Å². The van der Waals surface area contributed by atoms with Crippen molar-refractivity contribution in [3.05, 3.63) is 0 Å². The van der Waals surface area contributed by atoms with E-state index in [0.717, 1.165) is 108 Å². The minimum absolute atomic E-state index is 0.102. The van der Waals surface area contributed by atoms with Crippen LogP contribution in [-0.4, -0.2) is 96.7 Å². The molecule has 6 atom stereocenters. The fourth-order valence-corrected chi connectivity index (χ4v) is 11.8. The van der Waals surface area contributed by atoms with Crippen LogP contribution in [0.1, 0.15) is 343 Å². The number of carbonyl (C=O) groups is 4. The Morgan fingerprint density at radius 2 is 0.586 bits per heavy atom. The van der Waals surface area contributed by atoms with Crippen molar-refractivity contribution < 1.29 is 80.2 Å². The van der Waals surface area contributed by atoms with Gasteiger partial charge in [0.15, 0.2) is 12.2 Å². The van der Waals surface area contributed by atoms with Crippen molar-refractivity contribution >= 4 is 39.5 Å². The van der Waals surface area contributed by atoms with Crippen LogP contribution in [0, 0.1) is 11.8 Å². The highest BCUT2D eigenvalue weighted by Crippen LogP contribution is 2.45. The Balaban J connectivity index is 5.16. The van der Waals surface area contributed by atoms with Crippen molar-refractivity contribution in [2.75, 3.05) is 39.6 Å². The Morgan fingerprint density at radius 3 is 0.874 bits per heavy atom. The second kappa shape index (κ2) is 60.3. The molecule has 17 nitrogen and oxygen atoms in total. The summed E-state index contributed by atoms with van der Waals surface area (Å²) in [6, 6.07) is 0. The fourth-order valence-electron chi connectivity index (χ4n) is 10.2. The molecule has 19 heteroatoms. The molecule has 0 bridgehead atoms. The molecule has 0 radical (unpaired) electrons. The number of carbonyl (C=O) groups excluding carboxylic acids is 4. The molecule has 3 N–H and O–H groups in total. The van der Waals surface area contributed by atoms with Crippen molar-refractivity contribution in [1.82, 2.24) is 0 Å². The number of phosphoric acid groups is 2.